The highest BCUT2D eigenvalue weighted by molar-refractivity contribution is 7.98. The maximum atomic E-state index is 13.0. The van der Waals surface area contributed by atoms with Crippen LogP contribution >= 0.6 is 0 Å². The average Bonchev–Trinajstić information content (AvgIpc) is 3.27. The number of nitrogens with one attached hydrogen (secondary N) is 2. The zero-order valence-corrected chi connectivity index (χ0v) is 20.0. The lowest BCUT2D eigenvalue weighted by Crippen LogP contribution is -2.44. The van der Waals surface area contributed by atoms with Gasteiger partial charge in [0.1, 0.15) is 11.6 Å². The maximum Gasteiger partial charge on any atom is 0.321 e. The van der Waals surface area contributed by atoms with Crippen LogP contribution in [0.5, 0.6) is 0 Å². The Morgan fingerprint density at radius 3 is 2.37 bits per heavy atom. The molecule has 0 saturated heterocycles. The Balaban J connectivity index is 1.45. The molecule has 0 bridgehead atoms. The molecule has 0 radical (unpaired) electrons. The minimum absolute atomic E-state index is 0.207. The molecular weight excluding hydrogens is 466 g/mol. The van der Waals surface area contributed by atoms with Crippen LogP contribution in [0.1, 0.15) is 24.4 Å². The van der Waals surface area contributed by atoms with E-state index in [2.05, 4.69) is 20.9 Å². The van der Waals surface area contributed by atoms with Crippen molar-refractivity contribution in [2.45, 2.75) is 24.8 Å². The number of hydrogen-bond donors (Lipinski definition) is 3. The van der Waals surface area contributed by atoms with E-state index in [0.717, 1.165) is 10.9 Å². The fourth-order valence-corrected chi connectivity index (χ4v) is 5.01. The lowest BCUT2D eigenvalue weighted by Gasteiger charge is -2.21. The molecule has 0 spiro atoms. The van der Waals surface area contributed by atoms with Crippen LogP contribution in [-0.4, -0.2) is 38.1 Å². The third kappa shape index (κ3) is 5.42. The van der Waals surface area contributed by atoms with Gasteiger partial charge in [0.2, 0.25) is 0 Å². The SMILES string of the molecule is C=S(=O)(N[C@H](C(=O)O)C(C)C)c1ccc(-c2ccc(NC(=O)c3cc4ccccc4o3)cn2)cc1. The number of carbonyl (C=O) groups is 2. The highest BCUT2D eigenvalue weighted by atomic mass is 32.2. The molecule has 8 nitrogen and oxygen atoms in total. The number of rotatable bonds is 8. The number of nitrogens with zero attached hydrogens (tertiary/aromatic N) is 1. The average molecular weight is 492 g/mol. The van der Waals surface area contributed by atoms with E-state index in [1.54, 1.807) is 62.4 Å². The van der Waals surface area contributed by atoms with Crippen molar-refractivity contribution in [3.63, 3.8) is 0 Å². The van der Waals surface area contributed by atoms with Crippen LogP contribution in [0.3, 0.4) is 0 Å². The summed E-state index contributed by atoms with van der Waals surface area (Å²) in [6, 6.07) is 18.3. The molecule has 3 N–H and O–H groups in total. The summed E-state index contributed by atoms with van der Waals surface area (Å²) in [6.45, 7) is 3.47. The minimum Gasteiger partial charge on any atom is -0.480 e. The number of para-hydroxylation sites is 1. The third-order valence-electron chi connectivity index (χ3n) is 5.45. The highest BCUT2D eigenvalue weighted by Crippen LogP contribution is 2.23. The Bertz CT molecular complexity index is 1440. The molecule has 2 aromatic carbocycles. The van der Waals surface area contributed by atoms with Crippen LogP contribution in [0.4, 0.5) is 5.69 Å². The summed E-state index contributed by atoms with van der Waals surface area (Å²) in [4.78, 5) is 28.8. The summed E-state index contributed by atoms with van der Waals surface area (Å²) in [5.74, 6) is 2.21. The van der Waals surface area contributed by atoms with Gasteiger partial charge in [0.25, 0.3) is 5.91 Å². The topological polar surface area (TPSA) is 122 Å². The first-order chi connectivity index (χ1) is 16.6. The largest absolute Gasteiger partial charge is 0.480 e. The summed E-state index contributed by atoms with van der Waals surface area (Å²) >= 11 is 0. The number of aliphatic carboxylic acids is 1. The number of pyridine rings is 1. The zero-order valence-electron chi connectivity index (χ0n) is 19.2. The Kier molecular flexibility index (Phi) is 6.72. The quantitative estimate of drug-likeness (QED) is 0.313. The van der Waals surface area contributed by atoms with Crippen molar-refractivity contribution in [1.29, 1.82) is 0 Å². The van der Waals surface area contributed by atoms with E-state index in [1.807, 2.05) is 18.2 Å². The van der Waals surface area contributed by atoms with Crippen LogP contribution in [-0.2, 0) is 14.5 Å². The molecular formula is C26H25N3O5S. The molecule has 1 amide bonds. The smallest absolute Gasteiger partial charge is 0.321 e. The number of carboxylic acid groups (broad SMARTS) is 1. The second-order valence-electron chi connectivity index (χ2n) is 8.41. The summed E-state index contributed by atoms with van der Waals surface area (Å²) in [5.41, 5.74) is 2.55. The van der Waals surface area contributed by atoms with Gasteiger partial charge in [-0.25, -0.2) is 8.93 Å². The Labute approximate surface area is 203 Å². The summed E-state index contributed by atoms with van der Waals surface area (Å²) in [5, 5.41) is 13.0. The van der Waals surface area contributed by atoms with Crippen molar-refractivity contribution in [2.75, 3.05) is 5.32 Å². The second-order valence-corrected chi connectivity index (χ2v) is 10.5. The number of furan rings is 1. The molecule has 0 fully saturated rings. The van der Waals surface area contributed by atoms with Gasteiger partial charge in [-0.2, -0.15) is 0 Å². The molecule has 4 rings (SSSR count). The lowest BCUT2D eigenvalue weighted by atomic mass is 10.1. The fraction of sp³-hybridized carbons (Fsp3) is 0.154. The number of hydrogen-bond acceptors (Lipinski definition) is 5. The van der Waals surface area contributed by atoms with Crippen molar-refractivity contribution in [1.82, 2.24) is 9.71 Å². The molecule has 0 saturated carbocycles. The van der Waals surface area contributed by atoms with E-state index in [4.69, 9.17) is 4.42 Å². The van der Waals surface area contributed by atoms with Gasteiger partial charge in [-0.1, -0.05) is 44.2 Å². The lowest BCUT2D eigenvalue weighted by molar-refractivity contribution is -0.140. The predicted octanol–water partition coefficient (Wildman–Crippen LogP) is 4.44. The number of amides is 1. The molecule has 35 heavy (non-hydrogen) atoms. The van der Waals surface area contributed by atoms with Crippen molar-refractivity contribution in [3.05, 3.63) is 78.7 Å². The summed E-state index contributed by atoms with van der Waals surface area (Å²) in [7, 11) is -3.01. The van der Waals surface area contributed by atoms with Gasteiger partial charge < -0.3 is 14.8 Å². The van der Waals surface area contributed by atoms with Gasteiger partial charge in [0.05, 0.1) is 27.3 Å². The first-order valence-corrected chi connectivity index (χ1v) is 12.6. The van der Waals surface area contributed by atoms with Gasteiger partial charge in [-0.05, 0) is 48.2 Å². The monoisotopic (exact) mass is 491 g/mol. The van der Waals surface area contributed by atoms with Crippen LogP contribution in [0, 0.1) is 5.92 Å². The van der Waals surface area contributed by atoms with Crippen molar-refractivity contribution in [3.8, 4) is 11.3 Å². The Morgan fingerprint density at radius 1 is 1.06 bits per heavy atom. The molecule has 2 atom stereocenters. The fourth-order valence-electron chi connectivity index (χ4n) is 3.52. The number of benzene rings is 2. The standard InChI is InChI=1S/C26H25N3O5S/c1-16(2)24(26(31)32)29-35(3,33)20-11-8-17(9-12-20)21-13-10-19(15-27-21)28-25(30)23-14-18-6-4-5-7-22(18)34-23/h4-16,24H,3H2,1-2H3,(H,28,30)(H,29,33)(H,31,32)/t24-,35?/m0/s1. The van der Waals surface area contributed by atoms with Crippen molar-refractivity contribution < 1.29 is 23.3 Å². The molecule has 0 aliphatic heterocycles. The van der Waals surface area contributed by atoms with E-state index >= 15 is 0 Å². The zero-order chi connectivity index (χ0) is 25.2. The van der Waals surface area contributed by atoms with Gasteiger partial charge in [-0.3, -0.25) is 14.6 Å². The molecule has 2 aromatic heterocycles. The van der Waals surface area contributed by atoms with E-state index in [0.29, 0.717) is 21.9 Å². The number of fused-ring (bicyclic) bond motifs is 1. The first kappa shape index (κ1) is 24.2. The molecule has 0 aliphatic carbocycles. The number of anilines is 1. The van der Waals surface area contributed by atoms with Crippen LogP contribution < -0.4 is 10.0 Å². The second kappa shape index (κ2) is 9.73. The van der Waals surface area contributed by atoms with Crippen LogP contribution in [0.2, 0.25) is 0 Å². The number of aromatic nitrogens is 1. The van der Waals surface area contributed by atoms with Gasteiger partial charge >= 0.3 is 5.97 Å². The predicted molar refractivity (Wildman–Crippen MR) is 137 cm³/mol. The van der Waals surface area contributed by atoms with E-state index < -0.39 is 21.7 Å². The minimum atomic E-state index is -3.01. The third-order valence-corrected chi connectivity index (χ3v) is 7.12. The van der Waals surface area contributed by atoms with E-state index in [-0.39, 0.29) is 17.6 Å². The molecule has 0 aliphatic rings. The maximum absolute atomic E-state index is 13.0. The van der Waals surface area contributed by atoms with Gasteiger partial charge in [-0.15, -0.1) is 0 Å². The highest BCUT2D eigenvalue weighted by Gasteiger charge is 2.25. The van der Waals surface area contributed by atoms with Gasteiger partial charge in [0.15, 0.2) is 5.76 Å². The Hall–Kier alpha value is -3.95. The molecule has 4 aromatic rings. The first-order valence-electron chi connectivity index (χ1n) is 10.9. The van der Waals surface area contributed by atoms with Crippen LogP contribution in [0.25, 0.3) is 22.2 Å². The summed E-state index contributed by atoms with van der Waals surface area (Å²) in [6.07, 6.45) is 1.54. The van der Waals surface area contributed by atoms with E-state index in [9.17, 15) is 18.9 Å². The van der Waals surface area contributed by atoms with Crippen LogP contribution in [0.15, 0.2) is 82.2 Å². The number of carboxylic acids is 1. The van der Waals surface area contributed by atoms with Gasteiger partial charge in [0, 0.05) is 15.8 Å². The van der Waals surface area contributed by atoms with Crippen molar-refractivity contribution >= 4 is 44.1 Å². The molecule has 2 heterocycles. The summed E-state index contributed by atoms with van der Waals surface area (Å²) < 4.78 is 21.3. The van der Waals surface area contributed by atoms with E-state index in [1.165, 1.54) is 6.20 Å². The normalized spacial score (nSPS) is 13.9. The molecule has 180 valence electrons. The Morgan fingerprint density at radius 2 is 1.77 bits per heavy atom. The molecule has 1 unspecified atom stereocenters. The number of carbonyl (C=O) groups excluding carboxylic acids is 1. The van der Waals surface area contributed by atoms with Crippen molar-refractivity contribution in [2.24, 2.45) is 5.92 Å². The molecule has 9 heteroatoms.